The van der Waals surface area contributed by atoms with Crippen LogP contribution in [0.1, 0.15) is 51.5 Å². The molecular weight excluding hydrogens is 433 g/mol. The number of rotatable bonds is 4. The van der Waals surface area contributed by atoms with Crippen LogP contribution in [0.5, 0.6) is 5.75 Å². The van der Waals surface area contributed by atoms with Crippen LogP contribution in [0.4, 0.5) is 5.69 Å². The van der Waals surface area contributed by atoms with E-state index in [0.29, 0.717) is 40.8 Å². The molecule has 2 aromatic carbocycles. The first-order valence-electron chi connectivity index (χ1n) is 10.5. The average Bonchev–Trinajstić information content (AvgIpc) is 2.70. The Balaban J connectivity index is 1.86. The zero-order valence-electron chi connectivity index (χ0n) is 17.9. The van der Waals surface area contributed by atoms with Crippen molar-refractivity contribution in [3.63, 3.8) is 0 Å². The predicted molar refractivity (Wildman–Crippen MR) is 124 cm³/mol. The molecule has 1 atom stereocenters. The van der Waals surface area contributed by atoms with Crippen molar-refractivity contribution in [1.29, 1.82) is 0 Å². The normalized spacial score (nSPS) is 20.7. The molecule has 1 heterocycles. The third-order valence-electron chi connectivity index (χ3n) is 5.91. The quantitative estimate of drug-likeness (QED) is 0.522. The van der Waals surface area contributed by atoms with Gasteiger partial charge in [-0.1, -0.05) is 55.2 Å². The first-order valence-corrected chi connectivity index (χ1v) is 11.2. The fraction of sp³-hybridized carbons (Fsp3) is 0.360. The molecule has 1 amide bonds. The van der Waals surface area contributed by atoms with Gasteiger partial charge < -0.3 is 4.74 Å². The Labute approximate surface area is 192 Å². The van der Waals surface area contributed by atoms with E-state index in [4.69, 9.17) is 27.9 Å². The van der Waals surface area contributed by atoms with E-state index in [0.717, 1.165) is 17.0 Å². The van der Waals surface area contributed by atoms with Crippen molar-refractivity contribution >= 4 is 40.6 Å². The lowest BCUT2D eigenvalue weighted by Gasteiger charge is -2.43. The number of carbonyl (C=O) groups is 2. The summed E-state index contributed by atoms with van der Waals surface area (Å²) in [5.74, 6) is 0.482. The lowest BCUT2D eigenvalue weighted by atomic mass is 9.69. The number of Topliss-reactive ketones (excluding diaryl/α,β-unsaturated/α-hetero) is 1. The first kappa shape index (κ1) is 21.9. The Kier molecular flexibility index (Phi) is 5.89. The number of halogens is 2. The fourth-order valence-electron chi connectivity index (χ4n) is 4.61. The molecule has 0 N–H and O–H groups in total. The van der Waals surface area contributed by atoms with Crippen LogP contribution in [-0.4, -0.2) is 18.3 Å². The summed E-state index contributed by atoms with van der Waals surface area (Å²) in [7, 11) is 0. The molecule has 4 rings (SSSR count). The molecule has 0 saturated carbocycles. The van der Waals surface area contributed by atoms with Crippen LogP contribution in [0.2, 0.25) is 10.0 Å². The molecule has 0 spiro atoms. The van der Waals surface area contributed by atoms with Crippen LogP contribution < -0.4 is 9.64 Å². The molecule has 2 aliphatic rings. The van der Waals surface area contributed by atoms with E-state index < -0.39 is 0 Å². The molecule has 2 aromatic rings. The van der Waals surface area contributed by atoms with E-state index >= 15 is 0 Å². The SMILES string of the molecule is CCOc1ccc(C2CC(=O)N(c3cccc(Cl)c3Cl)C3=C2C(=O)CC(C)(C)C3)cc1. The molecule has 0 aromatic heterocycles. The van der Waals surface area contributed by atoms with Gasteiger partial charge in [0, 0.05) is 30.0 Å². The Bertz CT molecular complexity index is 1070. The summed E-state index contributed by atoms with van der Waals surface area (Å²) < 4.78 is 5.54. The Hall–Kier alpha value is -2.30. The predicted octanol–water partition coefficient (Wildman–Crippen LogP) is 6.56. The summed E-state index contributed by atoms with van der Waals surface area (Å²) in [4.78, 5) is 28.4. The lowest BCUT2D eigenvalue weighted by molar-refractivity contribution is -0.121. The number of ketones is 1. The van der Waals surface area contributed by atoms with Gasteiger partial charge in [0.1, 0.15) is 5.75 Å². The molecule has 1 aliphatic heterocycles. The molecule has 1 aliphatic carbocycles. The Morgan fingerprint density at radius 3 is 2.45 bits per heavy atom. The summed E-state index contributed by atoms with van der Waals surface area (Å²) in [6.45, 7) is 6.62. The van der Waals surface area contributed by atoms with Crippen LogP contribution in [0.3, 0.4) is 0 Å². The van der Waals surface area contributed by atoms with Crippen molar-refractivity contribution in [2.75, 3.05) is 11.5 Å². The summed E-state index contributed by atoms with van der Waals surface area (Å²) in [5.41, 5.74) is 2.66. The Morgan fingerprint density at radius 1 is 1.06 bits per heavy atom. The second-order valence-corrected chi connectivity index (χ2v) is 9.65. The van der Waals surface area contributed by atoms with Crippen molar-refractivity contribution in [2.24, 2.45) is 5.41 Å². The van der Waals surface area contributed by atoms with E-state index in [2.05, 4.69) is 13.8 Å². The molecular formula is C25H25Cl2NO3. The van der Waals surface area contributed by atoms with Gasteiger partial charge in [-0.2, -0.15) is 0 Å². The van der Waals surface area contributed by atoms with Gasteiger partial charge in [-0.05, 0) is 48.6 Å². The van der Waals surface area contributed by atoms with Gasteiger partial charge in [0.15, 0.2) is 5.78 Å². The maximum Gasteiger partial charge on any atom is 0.232 e. The van der Waals surface area contributed by atoms with Gasteiger partial charge in [-0.25, -0.2) is 0 Å². The summed E-state index contributed by atoms with van der Waals surface area (Å²) >= 11 is 12.7. The number of hydrogen-bond acceptors (Lipinski definition) is 3. The molecule has 0 fully saturated rings. The van der Waals surface area contributed by atoms with E-state index in [9.17, 15) is 9.59 Å². The van der Waals surface area contributed by atoms with E-state index in [1.165, 1.54) is 0 Å². The van der Waals surface area contributed by atoms with Crippen molar-refractivity contribution in [3.05, 3.63) is 69.3 Å². The lowest BCUT2D eigenvalue weighted by Crippen LogP contribution is -2.43. The van der Waals surface area contributed by atoms with Crippen molar-refractivity contribution in [3.8, 4) is 5.75 Å². The summed E-state index contributed by atoms with van der Waals surface area (Å²) in [5, 5.41) is 0.698. The van der Waals surface area contributed by atoms with E-state index in [-0.39, 0.29) is 29.4 Å². The Morgan fingerprint density at radius 2 is 1.77 bits per heavy atom. The van der Waals surface area contributed by atoms with Crippen LogP contribution in [0, 0.1) is 5.41 Å². The smallest absolute Gasteiger partial charge is 0.232 e. The molecule has 0 radical (unpaired) electrons. The summed E-state index contributed by atoms with van der Waals surface area (Å²) in [6, 6.07) is 12.9. The number of anilines is 1. The molecule has 1 unspecified atom stereocenters. The topological polar surface area (TPSA) is 46.6 Å². The van der Waals surface area contributed by atoms with Crippen molar-refractivity contribution < 1.29 is 14.3 Å². The largest absolute Gasteiger partial charge is 0.494 e. The standard InChI is InChI=1S/C25H25Cl2NO3/c1-4-31-16-10-8-15(9-11-16)17-12-22(30)28(19-7-5-6-18(26)24(19)27)20-13-25(2,3)14-21(29)23(17)20/h5-11,17H,4,12-14H2,1-3H3. The second-order valence-electron chi connectivity index (χ2n) is 8.86. The number of allylic oxidation sites excluding steroid dienone is 2. The molecule has 4 nitrogen and oxygen atoms in total. The van der Waals surface area contributed by atoms with Gasteiger partial charge >= 0.3 is 0 Å². The average molecular weight is 458 g/mol. The van der Waals surface area contributed by atoms with E-state index in [1.54, 1.807) is 23.1 Å². The molecule has 0 bridgehead atoms. The van der Waals surface area contributed by atoms with Gasteiger partial charge in [-0.15, -0.1) is 0 Å². The first-order chi connectivity index (χ1) is 14.7. The van der Waals surface area contributed by atoms with Crippen molar-refractivity contribution in [2.45, 2.75) is 46.0 Å². The number of nitrogens with zero attached hydrogens (tertiary/aromatic N) is 1. The highest BCUT2D eigenvalue weighted by atomic mass is 35.5. The zero-order chi connectivity index (χ0) is 22.3. The fourth-order valence-corrected chi connectivity index (χ4v) is 4.99. The highest BCUT2D eigenvalue weighted by Gasteiger charge is 2.44. The monoisotopic (exact) mass is 457 g/mol. The molecule has 162 valence electrons. The van der Waals surface area contributed by atoms with Gasteiger partial charge in [0.2, 0.25) is 5.91 Å². The third kappa shape index (κ3) is 4.11. The van der Waals surface area contributed by atoms with Crippen LogP contribution in [-0.2, 0) is 9.59 Å². The van der Waals surface area contributed by atoms with Crippen LogP contribution in [0.15, 0.2) is 53.7 Å². The highest BCUT2D eigenvalue weighted by Crippen LogP contribution is 2.49. The second kappa shape index (κ2) is 8.33. The highest BCUT2D eigenvalue weighted by molar-refractivity contribution is 6.44. The molecule has 31 heavy (non-hydrogen) atoms. The van der Waals surface area contributed by atoms with Crippen LogP contribution in [0.25, 0.3) is 0 Å². The minimum atomic E-state index is -0.281. The van der Waals surface area contributed by atoms with Crippen molar-refractivity contribution in [1.82, 2.24) is 0 Å². The number of amides is 1. The van der Waals surface area contributed by atoms with Crippen LogP contribution >= 0.6 is 23.2 Å². The maximum absolute atomic E-state index is 13.4. The minimum Gasteiger partial charge on any atom is -0.494 e. The minimum absolute atomic E-state index is 0.0841. The number of ether oxygens (including phenoxy) is 1. The maximum atomic E-state index is 13.4. The van der Waals surface area contributed by atoms with E-state index in [1.807, 2.05) is 31.2 Å². The van der Waals surface area contributed by atoms with Gasteiger partial charge in [-0.3, -0.25) is 14.5 Å². The number of hydrogen-bond donors (Lipinski definition) is 0. The summed E-state index contributed by atoms with van der Waals surface area (Å²) in [6.07, 6.45) is 1.25. The molecule has 0 saturated heterocycles. The zero-order valence-corrected chi connectivity index (χ0v) is 19.4. The van der Waals surface area contributed by atoms with Gasteiger partial charge in [0.05, 0.1) is 22.3 Å². The molecule has 6 heteroatoms. The van der Waals surface area contributed by atoms with Gasteiger partial charge in [0.25, 0.3) is 0 Å². The number of carbonyl (C=O) groups excluding carboxylic acids is 2. The number of benzene rings is 2. The third-order valence-corrected chi connectivity index (χ3v) is 6.72.